The summed E-state index contributed by atoms with van der Waals surface area (Å²) in [5.74, 6) is -4.39. The molecule has 0 fully saturated rings. The molecule has 7 nitrogen and oxygen atoms in total. The van der Waals surface area contributed by atoms with E-state index in [1.807, 2.05) is 0 Å². The van der Waals surface area contributed by atoms with Crippen molar-refractivity contribution in [2.45, 2.75) is 0 Å². The number of aromatic carboxylic acids is 2. The Bertz CT molecular complexity index is 1000. The van der Waals surface area contributed by atoms with E-state index in [0.29, 0.717) is 6.07 Å². The van der Waals surface area contributed by atoms with Crippen LogP contribution >= 0.6 is 0 Å². The molecule has 2 N–H and O–H groups in total. The van der Waals surface area contributed by atoms with Gasteiger partial charge in [-0.05, 0) is 24.3 Å². The van der Waals surface area contributed by atoms with E-state index >= 15 is 0 Å². The van der Waals surface area contributed by atoms with Crippen LogP contribution in [0.4, 0.5) is 8.78 Å². The first kappa shape index (κ1) is 16.2. The zero-order chi connectivity index (χ0) is 18.1. The van der Waals surface area contributed by atoms with E-state index in [9.17, 15) is 23.5 Å². The fourth-order valence-electron chi connectivity index (χ4n) is 2.20. The van der Waals surface area contributed by atoms with Crippen LogP contribution in [-0.4, -0.2) is 36.9 Å². The minimum atomic E-state index is -1.39. The van der Waals surface area contributed by atoms with Gasteiger partial charge in [-0.25, -0.2) is 23.1 Å². The van der Waals surface area contributed by atoms with Crippen LogP contribution in [0.15, 0.2) is 42.6 Å². The van der Waals surface area contributed by atoms with E-state index in [2.05, 4.69) is 10.1 Å². The minimum Gasteiger partial charge on any atom is -0.478 e. The number of carboxylic acid groups (broad SMARTS) is 2. The summed E-state index contributed by atoms with van der Waals surface area (Å²) < 4.78 is 27.8. The molecule has 0 bridgehead atoms. The van der Waals surface area contributed by atoms with Crippen molar-refractivity contribution >= 4 is 11.9 Å². The quantitative estimate of drug-likeness (QED) is 0.753. The number of rotatable bonds is 4. The predicted molar refractivity (Wildman–Crippen MR) is 80.6 cm³/mol. The molecule has 1 aromatic carbocycles. The summed E-state index contributed by atoms with van der Waals surface area (Å²) >= 11 is 0. The van der Waals surface area contributed by atoms with Gasteiger partial charge in [-0.2, -0.15) is 5.10 Å². The molecule has 0 atom stereocenters. The fraction of sp³-hybridized carbons (Fsp3) is 0. The van der Waals surface area contributed by atoms with E-state index < -0.39 is 23.6 Å². The van der Waals surface area contributed by atoms with Gasteiger partial charge in [-0.3, -0.25) is 4.98 Å². The Morgan fingerprint density at radius 1 is 0.960 bits per heavy atom. The van der Waals surface area contributed by atoms with Crippen molar-refractivity contribution in [3.63, 3.8) is 0 Å². The third-order valence-corrected chi connectivity index (χ3v) is 3.34. The van der Waals surface area contributed by atoms with Crippen molar-refractivity contribution in [1.82, 2.24) is 14.8 Å². The molecule has 0 unspecified atom stereocenters. The summed E-state index contributed by atoms with van der Waals surface area (Å²) in [6.07, 6.45) is 1.23. The van der Waals surface area contributed by atoms with Gasteiger partial charge in [0.05, 0.1) is 11.3 Å². The monoisotopic (exact) mass is 345 g/mol. The maximum atomic E-state index is 14.0. The van der Waals surface area contributed by atoms with Gasteiger partial charge in [0.2, 0.25) is 0 Å². The number of hydrogen-bond acceptors (Lipinski definition) is 4. The fourth-order valence-corrected chi connectivity index (χ4v) is 2.20. The number of benzene rings is 1. The van der Waals surface area contributed by atoms with E-state index in [0.717, 1.165) is 22.9 Å². The summed E-state index contributed by atoms with van der Waals surface area (Å²) in [5.41, 5.74) is -0.584. The van der Waals surface area contributed by atoms with Crippen molar-refractivity contribution in [3.05, 3.63) is 65.5 Å². The first-order valence-electron chi connectivity index (χ1n) is 6.85. The second kappa shape index (κ2) is 6.11. The number of nitrogens with zero attached hydrogens (tertiary/aromatic N) is 3. The van der Waals surface area contributed by atoms with Crippen LogP contribution in [0.2, 0.25) is 0 Å². The molecule has 126 valence electrons. The van der Waals surface area contributed by atoms with Gasteiger partial charge in [-0.1, -0.05) is 0 Å². The summed E-state index contributed by atoms with van der Waals surface area (Å²) in [5, 5.41) is 22.3. The van der Waals surface area contributed by atoms with Crippen LogP contribution < -0.4 is 0 Å². The highest BCUT2D eigenvalue weighted by atomic mass is 19.1. The maximum Gasteiger partial charge on any atom is 0.354 e. The molecule has 3 aromatic rings. The molecule has 9 heteroatoms. The van der Waals surface area contributed by atoms with Crippen LogP contribution in [0.25, 0.3) is 17.1 Å². The lowest BCUT2D eigenvalue weighted by Crippen LogP contribution is -2.09. The predicted octanol–water partition coefficient (Wildman–Crippen LogP) is 2.61. The molecule has 2 heterocycles. The van der Waals surface area contributed by atoms with Gasteiger partial charge < -0.3 is 10.2 Å². The summed E-state index contributed by atoms with van der Waals surface area (Å²) in [6, 6.07) is 6.22. The van der Waals surface area contributed by atoms with E-state index in [4.69, 9.17) is 5.11 Å². The summed E-state index contributed by atoms with van der Waals surface area (Å²) in [7, 11) is 0. The van der Waals surface area contributed by atoms with Gasteiger partial charge in [0.1, 0.15) is 17.2 Å². The Morgan fingerprint density at radius 3 is 2.36 bits per heavy atom. The van der Waals surface area contributed by atoms with Crippen LogP contribution in [0.3, 0.4) is 0 Å². The molecule has 0 aliphatic carbocycles. The molecule has 3 rings (SSSR count). The van der Waals surface area contributed by atoms with Gasteiger partial charge in [0.25, 0.3) is 0 Å². The molecule has 0 saturated heterocycles. The third-order valence-electron chi connectivity index (χ3n) is 3.34. The molecular formula is C16H9F2N3O4. The van der Waals surface area contributed by atoms with Crippen LogP contribution in [0, 0.1) is 11.6 Å². The molecular weight excluding hydrogens is 336 g/mol. The smallest absolute Gasteiger partial charge is 0.354 e. The van der Waals surface area contributed by atoms with Gasteiger partial charge >= 0.3 is 11.9 Å². The molecule has 0 amide bonds. The Hall–Kier alpha value is -3.62. The second-order valence-electron chi connectivity index (χ2n) is 4.96. The zero-order valence-corrected chi connectivity index (χ0v) is 12.3. The third kappa shape index (κ3) is 3.07. The first-order valence-corrected chi connectivity index (χ1v) is 6.85. The van der Waals surface area contributed by atoms with Crippen molar-refractivity contribution in [2.24, 2.45) is 0 Å². The van der Waals surface area contributed by atoms with E-state index in [1.165, 1.54) is 18.3 Å². The lowest BCUT2D eigenvalue weighted by molar-refractivity contribution is 0.0680. The number of halogens is 2. The SMILES string of the molecule is O=C(O)c1ccnc(-c2cc(C(=O)O)n(-c3ccc(F)cc3F)n2)c1. The number of carboxylic acids is 2. The molecule has 0 aliphatic rings. The summed E-state index contributed by atoms with van der Waals surface area (Å²) in [6.45, 7) is 0. The van der Waals surface area contributed by atoms with Gasteiger partial charge in [0, 0.05) is 18.3 Å². The molecule has 0 radical (unpaired) electrons. The average molecular weight is 345 g/mol. The molecule has 0 saturated carbocycles. The Labute approximate surface area is 138 Å². The first-order chi connectivity index (χ1) is 11.9. The lowest BCUT2D eigenvalue weighted by atomic mass is 10.2. The minimum absolute atomic E-state index is 0.0317. The largest absolute Gasteiger partial charge is 0.478 e. The van der Waals surface area contributed by atoms with E-state index in [1.54, 1.807) is 0 Å². The number of carbonyl (C=O) groups is 2. The van der Waals surface area contributed by atoms with Crippen LogP contribution in [-0.2, 0) is 0 Å². The molecule has 0 spiro atoms. The molecule has 25 heavy (non-hydrogen) atoms. The Morgan fingerprint density at radius 2 is 1.72 bits per heavy atom. The highest BCUT2D eigenvalue weighted by Gasteiger charge is 2.20. The second-order valence-corrected chi connectivity index (χ2v) is 4.96. The summed E-state index contributed by atoms with van der Waals surface area (Å²) in [4.78, 5) is 26.4. The number of aromatic nitrogens is 3. The topological polar surface area (TPSA) is 105 Å². The average Bonchev–Trinajstić information content (AvgIpc) is 3.00. The van der Waals surface area contributed by atoms with Crippen molar-refractivity contribution < 1.29 is 28.6 Å². The van der Waals surface area contributed by atoms with Crippen LogP contribution in [0.5, 0.6) is 0 Å². The van der Waals surface area contributed by atoms with Crippen molar-refractivity contribution in [2.75, 3.05) is 0 Å². The lowest BCUT2D eigenvalue weighted by Gasteiger charge is -2.05. The van der Waals surface area contributed by atoms with Crippen LogP contribution in [0.1, 0.15) is 20.8 Å². The molecule has 2 aromatic heterocycles. The maximum absolute atomic E-state index is 14.0. The van der Waals surface area contributed by atoms with Crippen molar-refractivity contribution in [1.29, 1.82) is 0 Å². The molecule has 0 aliphatic heterocycles. The normalized spacial score (nSPS) is 10.6. The number of pyridine rings is 1. The Balaban J connectivity index is 2.17. The highest BCUT2D eigenvalue weighted by Crippen LogP contribution is 2.23. The zero-order valence-electron chi connectivity index (χ0n) is 12.3. The van der Waals surface area contributed by atoms with Gasteiger partial charge in [0.15, 0.2) is 11.5 Å². The standard InChI is InChI=1S/C16H9F2N3O4/c17-9-1-2-13(10(18)6-9)21-14(16(24)25)7-12(20-21)11-5-8(15(22)23)3-4-19-11/h1-7H,(H,22,23)(H,24,25). The number of hydrogen-bond donors (Lipinski definition) is 2. The van der Waals surface area contributed by atoms with Gasteiger partial charge in [-0.15, -0.1) is 0 Å². The Kier molecular flexibility index (Phi) is 3.97. The van der Waals surface area contributed by atoms with Crippen molar-refractivity contribution in [3.8, 4) is 17.1 Å². The van der Waals surface area contributed by atoms with E-state index in [-0.39, 0.29) is 28.3 Å². The highest BCUT2D eigenvalue weighted by molar-refractivity contribution is 5.90.